The van der Waals surface area contributed by atoms with Crippen molar-refractivity contribution in [2.75, 3.05) is 13.7 Å². The van der Waals surface area contributed by atoms with Gasteiger partial charge < -0.3 is 9.47 Å². The van der Waals surface area contributed by atoms with Gasteiger partial charge in [-0.1, -0.05) is 32.4 Å². The summed E-state index contributed by atoms with van der Waals surface area (Å²) in [6.07, 6.45) is 0. The molecule has 18 heavy (non-hydrogen) atoms. The van der Waals surface area contributed by atoms with Crippen LogP contribution in [0.15, 0.2) is 12.1 Å². The number of hydrogen-bond donors (Lipinski definition) is 0. The van der Waals surface area contributed by atoms with E-state index < -0.39 is 5.97 Å². The summed E-state index contributed by atoms with van der Waals surface area (Å²) in [5.41, 5.74) is 1.24. The number of carbonyl (C=O) groups is 1. The van der Waals surface area contributed by atoms with Crippen molar-refractivity contribution in [3.63, 3.8) is 0 Å². The Morgan fingerprint density at radius 2 is 1.94 bits per heavy atom. The van der Waals surface area contributed by atoms with Crippen LogP contribution in [-0.2, 0) is 10.2 Å². The molecule has 0 aliphatic carbocycles. The summed E-state index contributed by atoms with van der Waals surface area (Å²) in [4.78, 5) is 11.9. The van der Waals surface area contributed by atoms with Gasteiger partial charge in [0.15, 0.2) is 5.75 Å². The summed E-state index contributed by atoms with van der Waals surface area (Å²) in [7, 11) is 1.49. The maximum absolute atomic E-state index is 11.9. The highest BCUT2D eigenvalue weighted by Gasteiger charge is 2.22. The molecule has 0 fully saturated rings. The van der Waals surface area contributed by atoms with Crippen LogP contribution in [0.1, 0.15) is 43.6 Å². The Kier molecular flexibility index (Phi) is 4.63. The van der Waals surface area contributed by atoms with Crippen LogP contribution >= 0.6 is 11.6 Å². The Hall–Kier alpha value is -1.22. The van der Waals surface area contributed by atoms with Gasteiger partial charge in [-0.3, -0.25) is 0 Å². The number of ether oxygens (including phenoxy) is 2. The van der Waals surface area contributed by atoms with Gasteiger partial charge in [-0.25, -0.2) is 4.79 Å². The lowest BCUT2D eigenvalue weighted by molar-refractivity contribution is 0.0522. The molecule has 1 rings (SSSR count). The fourth-order valence-electron chi connectivity index (χ4n) is 1.59. The second kappa shape index (κ2) is 5.61. The third kappa shape index (κ3) is 3.16. The van der Waals surface area contributed by atoms with E-state index in [-0.39, 0.29) is 5.41 Å². The number of carbonyl (C=O) groups excluding carboxylic acids is 1. The van der Waals surface area contributed by atoms with Crippen molar-refractivity contribution >= 4 is 17.6 Å². The lowest BCUT2D eigenvalue weighted by atomic mass is 9.86. The summed E-state index contributed by atoms with van der Waals surface area (Å²) in [5, 5.41) is 0.424. The zero-order chi connectivity index (χ0) is 13.9. The molecule has 0 radical (unpaired) electrons. The maximum atomic E-state index is 11.9. The first-order chi connectivity index (χ1) is 8.31. The van der Waals surface area contributed by atoms with Gasteiger partial charge in [0.05, 0.1) is 18.7 Å². The normalized spacial score (nSPS) is 11.2. The fourth-order valence-corrected chi connectivity index (χ4v) is 1.89. The highest BCUT2D eigenvalue weighted by molar-refractivity contribution is 6.32. The number of rotatable bonds is 3. The topological polar surface area (TPSA) is 35.5 Å². The van der Waals surface area contributed by atoms with Crippen molar-refractivity contribution < 1.29 is 14.3 Å². The largest absolute Gasteiger partial charge is 0.494 e. The number of esters is 1. The van der Waals surface area contributed by atoms with Crippen LogP contribution in [0.25, 0.3) is 0 Å². The predicted molar refractivity (Wildman–Crippen MR) is 72.7 cm³/mol. The molecule has 0 aliphatic rings. The monoisotopic (exact) mass is 270 g/mol. The molecule has 0 aromatic heterocycles. The Morgan fingerprint density at radius 1 is 1.33 bits per heavy atom. The standard InChI is InChI=1S/C14H19ClO3/c1-6-18-13(16)10-7-9(14(2,3)4)8-11(15)12(10)17-5/h7-8H,6H2,1-5H3. The third-order valence-corrected chi connectivity index (χ3v) is 2.89. The smallest absolute Gasteiger partial charge is 0.341 e. The zero-order valence-electron chi connectivity index (χ0n) is 11.5. The molecule has 1 aromatic carbocycles. The minimum atomic E-state index is -0.414. The van der Waals surface area contributed by atoms with Gasteiger partial charge >= 0.3 is 5.97 Å². The molecule has 0 atom stereocenters. The van der Waals surface area contributed by atoms with Crippen LogP contribution in [0, 0.1) is 0 Å². The van der Waals surface area contributed by atoms with Crippen molar-refractivity contribution in [1.82, 2.24) is 0 Å². The van der Waals surface area contributed by atoms with Crippen molar-refractivity contribution in [3.8, 4) is 5.75 Å². The van der Waals surface area contributed by atoms with Gasteiger partial charge in [-0.2, -0.15) is 0 Å². The van der Waals surface area contributed by atoms with E-state index in [0.717, 1.165) is 5.56 Å². The van der Waals surface area contributed by atoms with E-state index in [1.54, 1.807) is 13.0 Å². The molecule has 0 amide bonds. The van der Waals surface area contributed by atoms with E-state index >= 15 is 0 Å². The highest BCUT2D eigenvalue weighted by atomic mass is 35.5. The molecule has 0 aliphatic heterocycles. The van der Waals surface area contributed by atoms with Crippen molar-refractivity contribution in [2.45, 2.75) is 33.1 Å². The lowest BCUT2D eigenvalue weighted by Crippen LogP contribution is -2.14. The van der Waals surface area contributed by atoms with Crippen LogP contribution in [0.2, 0.25) is 5.02 Å². The van der Waals surface area contributed by atoms with E-state index in [9.17, 15) is 4.79 Å². The predicted octanol–water partition coefficient (Wildman–Crippen LogP) is 3.82. The van der Waals surface area contributed by atoms with E-state index in [2.05, 4.69) is 20.8 Å². The maximum Gasteiger partial charge on any atom is 0.341 e. The Morgan fingerprint density at radius 3 is 2.39 bits per heavy atom. The highest BCUT2D eigenvalue weighted by Crippen LogP contribution is 2.35. The first kappa shape index (κ1) is 14.8. The average molecular weight is 271 g/mol. The molecule has 0 saturated heterocycles. The summed E-state index contributed by atoms with van der Waals surface area (Å²) in [6.45, 7) is 8.25. The fraction of sp³-hybridized carbons (Fsp3) is 0.500. The van der Waals surface area contributed by atoms with Gasteiger partial charge in [-0.15, -0.1) is 0 Å². The molecular weight excluding hydrogens is 252 g/mol. The Labute approximate surface area is 113 Å². The summed E-state index contributed by atoms with van der Waals surface area (Å²) >= 11 is 6.15. The molecule has 0 spiro atoms. The summed E-state index contributed by atoms with van der Waals surface area (Å²) < 4.78 is 10.2. The van der Waals surface area contributed by atoms with Gasteiger partial charge in [0.1, 0.15) is 5.56 Å². The lowest BCUT2D eigenvalue weighted by Gasteiger charge is -2.21. The molecule has 0 N–H and O–H groups in total. The van der Waals surface area contributed by atoms with E-state index in [0.29, 0.717) is 22.9 Å². The summed E-state index contributed by atoms with van der Waals surface area (Å²) in [5.74, 6) is -0.0505. The van der Waals surface area contributed by atoms with Crippen LogP contribution < -0.4 is 4.74 Å². The molecule has 4 heteroatoms. The molecule has 0 unspecified atom stereocenters. The van der Waals surface area contributed by atoms with Gasteiger partial charge in [-0.05, 0) is 30.0 Å². The number of benzene rings is 1. The number of methoxy groups -OCH3 is 1. The van der Waals surface area contributed by atoms with Crippen molar-refractivity contribution in [1.29, 1.82) is 0 Å². The second-order valence-electron chi connectivity index (χ2n) is 5.01. The minimum absolute atomic E-state index is 0.100. The van der Waals surface area contributed by atoms with Gasteiger partial charge in [0.25, 0.3) is 0 Å². The van der Waals surface area contributed by atoms with E-state index in [4.69, 9.17) is 21.1 Å². The molecule has 0 saturated carbocycles. The van der Waals surface area contributed by atoms with E-state index in [1.165, 1.54) is 7.11 Å². The van der Waals surface area contributed by atoms with Crippen LogP contribution in [0.5, 0.6) is 5.75 Å². The summed E-state index contributed by atoms with van der Waals surface area (Å²) in [6, 6.07) is 3.60. The van der Waals surface area contributed by atoms with Gasteiger partial charge in [0.2, 0.25) is 0 Å². The quantitative estimate of drug-likeness (QED) is 0.783. The Balaban J connectivity index is 3.37. The molecule has 0 heterocycles. The van der Waals surface area contributed by atoms with Crippen LogP contribution in [-0.4, -0.2) is 19.7 Å². The van der Waals surface area contributed by atoms with Crippen molar-refractivity contribution in [3.05, 3.63) is 28.3 Å². The molecule has 3 nitrogen and oxygen atoms in total. The molecular formula is C14H19ClO3. The van der Waals surface area contributed by atoms with E-state index in [1.807, 2.05) is 6.07 Å². The minimum Gasteiger partial charge on any atom is -0.494 e. The second-order valence-corrected chi connectivity index (χ2v) is 5.42. The Bertz CT molecular complexity index is 447. The first-order valence-corrected chi connectivity index (χ1v) is 6.24. The number of hydrogen-bond acceptors (Lipinski definition) is 3. The SMILES string of the molecule is CCOC(=O)c1cc(C(C)(C)C)cc(Cl)c1OC. The number of halogens is 1. The van der Waals surface area contributed by atoms with Crippen molar-refractivity contribution in [2.24, 2.45) is 0 Å². The molecule has 100 valence electrons. The van der Waals surface area contributed by atoms with Gasteiger partial charge in [0, 0.05) is 0 Å². The first-order valence-electron chi connectivity index (χ1n) is 5.86. The molecule has 1 aromatic rings. The molecule has 0 bridgehead atoms. The van der Waals surface area contributed by atoms with Crippen LogP contribution in [0.4, 0.5) is 0 Å². The average Bonchev–Trinajstić information content (AvgIpc) is 2.27. The van der Waals surface area contributed by atoms with Crippen LogP contribution in [0.3, 0.4) is 0 Å². The third-order valence-electron chi connectivity index (χ3n) is 2.61. The zero-order valence-corrected chi connectivity index (χ0v) is 12.2.